The largest absolute Gasteiger partial charge is 0.337 e. The zero-order valence-electron chi connectivity index (χ0n) is 19.0. The van der Waals surface area contributed by atoms with Crippen LogP contribution in [0.15, 0.2) is 30.3 Å². The molecule has 1 aromatic carbocycles. The number of carbonyl (C=O) groups excluding carboxylic acids is 2. The Morgan fingerprint density at radius 3 is 1.63 bits per heavy atom. The quantitative estimate of drug-likeness (QED) is 0.0945. The van der Waals surface area contributed by atoms with Gasteiger partial charge in [0, 0.05) is 12.0 Å². The second-order valence-corrected chi connectivity index (χ2v) is 9.28. The number of Topliss-reactive ketones (excluding diaryl/α,β-unsaturated/α-hetero) is 1. The van der Waals surface area contributed by atoms with Crippen LogP contribution in [-0.4, -0.2) is 16.6 Å². The molecule has 0 aromatic heterocycles. The highest BCUT2D eigenvalue weighted by Gasteiger charge is 2.18. The Kier molecular flexibility index (Phi) is 16.7. The van der Waals surface area contributed by atoms with Crippen LogP contribution in [0, 0.1) is 0 Å². The van der Waals surface area contributed by atoms with Crippen LogP contribution < -0.4 is 5.32 Å². The fourth-order valence-corrected chi connectivity index (χ4v) is 4.20. The third kappa shape index (κ3) is 14.0. The Hall–Kier alpha value is -1.16. The normalized spacial score (nSPS) is 11.9. The molecule has 0 spiro atoms. The van der Waals surface area contributed by atoms with Gasteiger partial charge in [-0.25, -0.2) is 0 Å². The summed E-state index contributed by atoms with van der Waals surface area (Å²) in [5, 5.41) is 2.76. The maximum atomic E-state index is 12.2. The topological polar surface area (TPSA) is 46.2 Å². The number of amides is 1. The predicted octanol–water partition coefficient (Wildman–Crippen LogP) is 7.97. The van der Waals surface area contributed by atoms with Crippen LogP contribution in [0.1, 0.15) is 120 Å². The minimum absolute atomic E-state index is 0.0594. The van der Waals surface area contributed by atoms with E-state index in [1.807, 2.05) is 18.2 Å². The summed E-state index contributed by atoms with van der Waals surface area (Å²) in [5.74, 6) is -0.170. The van der Waals surface area contributed by atoms with Crippen molar-refractivity contribution in [3.8, 4) is 0 Å². The third-order valence-corrected chi connectivity index (χ3v) is 6.23. The molecule has 0 heterocycles. The van der Waals surface area contributed by atoms with E-state index in [0.29, 0.717) is 12.0 Å². The highest BCUT2D eigenvalue weighted by Crippen LogP contribution is 2.14. The second kappa shape index (κ2) is 18.6. The highest BCUT2D eigenvalue weighted by molar-refractivity contribution is 9.10. The van der Waals surface area contributed by atoms with Gasteiger partial charge in [0.05, 0.1) is 0 Å². The van der Waals surface area contributed by atoms with Crippen molar-refractivity contribution >= 4 is 27.6 Å². The summed E-state index contributed by atoms with van der Waals surface area (Å²) in [6, 6.07) is 9.04. The van der Waals surface area contributed by atoms with Crippen LogP contribution in [0.4, 0.5) is 0 Å². The van der Waals surface area contributed by atoms with E-state index in [9.17, 15) is 9.59 Å². The lowest BCUT2D eigenvalue weighted by Crippen LogP contribution is -2.36. The summed E-state index contributed by atoms with van der Waals surface area (Å²) >= 11 is 3.29. The molecule has 1 amide bonds. The molecule has 0 radical (unpaired) electrons. The minimum Gasteiger partial charge on any atom is -0.337 e. The minimum atomic E-state index is -0.649. The van der Waals surface area contributed by atoms with E-state index in [1.165, 1.54) is 83.5 Å². The van der Waals surface area contributed by atoms with E-state index < -0.39 is 4.95 Å². The molecule has 0 aliphatic carbocycles. The third-order valence-electron chi connectivity index (χ3n) is 5.58. The highest BCUT2D eigenvalue weighted by atomic mass is 79.9. The van der Waals surface area contributed by atoms with Crippen molar-refractivity contribution in [1.29, 1.82) is 0 Å². The van der Waals surface area contributed by atoms with Crippen LogP contribution in [0.3, 0.4) is 0 Å². The zero-order valence-corrected chi connectivity index (χ0v) is 20.6. The first kappa shape index (κ1) is 26.9. The molecule has 0 aliphatic rings. The van der Waals surface area contributed by atoms with Crippen molar-refractivity contribution in [3.63, 3.8) is 0 Å². The molecule has 0 fully saturated rings. The average molecular weight is 481 g/mol. The summed E-state index contributed by atoms with van der Waals surface area (Å²) < 4.78 is 0. The predicted molar refractivity (Wildman–Crippen MR) is 131 cm³/mol. The van der Waals surface area contributed by atoms with Crippen molar-refractivity contribution in [2.45, 2.75) is 115 Å². The van der Waals surface area contributed by atoms with Crippen LogP contribution in [0.25, 0.3) is 0 Å². The first-order valence-corrected chi connectivity index (χ1v) is 13.1. The maximum Gasteiger partial charge on any atom is 0.221 e. The van der Waals surface area contributed by atoms with Crippen LogP contribution >= 0.6 is 15.9 Å². The van der Waals surface area contributed by atoms with Crippen molar-refractivity contribution in [2.24, 2.45) is 0 Å². The first-order valence-electron chi connectivity index (χ1n) is 12.2. The molecule has 1 N–H and O–H groups in total. The molecule has 3 nitrogen and oxygen atoms in total. The van der Waals surface area contributed by atoms with Crippen LogP contribution in [0.5, 0.6) is 0 Å². The Bertz CT molecular complexity index is 561. The Balaban J connectivity index is 1.89. The van der Waals surface area contributed by atoms with Crippen molar-refractivity contribution < 1.29 is 9.59 Å². The standard InChI is InChI=1S/C26H42BrNO2/c1-2-3-4-5-6-7-8-9-10-11-12-13-14-15-19-22-24(29)28-26(27)25(30)23-20-17-16-18-21-23/h16-18,20-21,26H,2-15,19,22H2,1H3,(H,28,29). The lowest BCUT2D eigenvalue weighted by atomic mass is 10.0. The molecule has 1 rings (SSSR count). The number of unbranched alkanes of at least 4 members (excludes halogenated alkanes) is 14. The van der Waals surface area contributed by atoms with Gasteiger partial charge in [-0.15, -0.1) is 0 Å². The van der Waals surface area contributed by atoms with Gasteiger partial charge in [-0.1, -0.05) is 143 Å². The maximum absolute atomic E-state index is 12.2. The lowest BCUT2D eigenvalue weighted by molar-refractivity contribution is -0.121. The smallest absolute Gasteiger partial charge is 0.221 e. The monoisotopic (exact) mass is 479 g/mol. The van der Waals surface area contributed by atoms with Gasteiger partial charge in [0.2, 0.25) is 5.91 Å². The number of hydrogen-bond donors (Lipinski definition) is 1. The second-order valence-electron chi connectivity index (χ2n) is 8.36. The summed E-state index contributed by atoms with van der Waals surface area (Å²) in [6.07, 6.45) is 20.2. The van der Waals surface area contributed by atoms with Crippen molar-refractivity contribution in [1.82, 2.24) is 5.32 Å². The molecule has 1 aromatic rings. The van der Waals surface area contributed by atoms with Crippen molar-refractivity contribution in [3.05, 3.63) is 35.9 Å². The molecule has 30 heavy (non-hydrogen) atoms. The van der Waals surface area contributed by atoms with Gasteiger partial charge in [0.25, 0.3) is 0 Å². The molecule has 0 saturated heterocycles. The van der Waals surface area contributed by atoms with Gasteiger partial charge in [0.15, 0.2) is 5.78 Å². The van der Waals surface area contributed by atoms with E-state index in [0.717, 1.165) is 12.8 Å². The van der Waals surface area contributed by atoms with Gasteiger partial charge in [-0.05, 0) is 6.42 Å². The average Bonchev–Trinajstić information content (AvgIpc) is 2.76. The van der Waals surface area contributed by atoms with Gasteiger partial charge < -0.3 is 5.32 Å². The summed E-state index contributed by atoms with van der Waals surface area (Å²) in [5.41, 5.74) is 0.603. The van der Waals surface area contributed by atoms with Crippen LogP contribution in [-0.2, 0) is 4.79 Å². The number of ketones is 1. The van der Waals surface area contributed by atoms with Gasteiger partial charge in [-0.2, -0.15) is 0 Å². The van der Waals surface area contributed by atoms with E-state index in [4.69, 9.17) is 0 Å². The van der Waals surface area contributed by atoms with E-state index in [2.05, 4.69) is 28.2 Å². The van der Waals surface area contributed by atoms with Gasteiger partial charge in [0.1, 0.15) is 4.95 Å². The SMILES string of the molecule is CCCCCCCCCCCCCCCCCC(=O)NC(Br)C(=O)c1ccccc1. The Morgan fingerprint density at radius 1 is 0.733 bits per heavy atom. The van der Waals surface area contributed by atoms with E-state index in [1.54, 1.807) is 12.1 Å². The molecule has 0 saturated carbocycles. The molecule has 0 aliphatic heterocycles. The fourth-order valence-electron chi connectivity index (χ4n) is 3.68. The summed E-state index contributed by atoms with van der Waals surface area (Å²) in [6.45, 7) is 2.27. The lowest BCUT2D eigenvalue weighted by Gasteiger charge is -2.11. The Morgan fingerprint density at radius 2 is 1.17 bits per heavy atom. The number of rotatable bonds is 19. The Labute approximate surface area is 192 Å². The number of benzene rings is 1. The van der Waals surface area contributed by atoms with E-state index in [-0.39, 0.29) is 11.7 Å². The summed E-state index contributed by atoms with van der Waals surface area (Å²) in [4.78, 5) is 23.6. The number of hydrogen-bond acceptors (Lipinski definition) is 2. The van der Waals surface area contributed by atoms with Crippen LogP contribution in [0.2, 0.25) is 0 Å². The summed E-state index contributed by atoms with van der Waals surface area (Å²) in [7, 11) is 0. The number of carbonyl (C=O) groups is 2. The van der Waals surface area contributed by atoms with Gasteiger partial charge in [-0.3, -0.25) is 9.59 Å². The number of halogens is 1. The molecular weight excluding hydrogens is 438 g/mol. The van der Waals surface area contributed by atoms with Crippen molar-refractivity contribution in [2.75, 3.05) is 0 Å². The number of alkyl halides is 1. The molecule has 4 heteroatoms. The fraction of sp³-hybridized carbons (Fsp3) is 0.692. The molecule has 0 bridgehead atoms. The molecular formula is C26H42BrNO2. The zero-order chi connectivity index (χ0) is 21.9. The molecule has 170 valence electrons. The molecule has 1 atom stereocenters. The van der Waals surface area contributed by atoms with Gasteiger partial charge >= 0.3 is 0 Å². The number of nitrogens with one attached hydrogen (secondary N) is 1. The van der Waals surface area contributed by atoms with E-state index >= 15 is 0 Å². The first-order chi connectivity index (χ1) is 14.6. The molecule has 1 unspecified atom stereocenters.